The van der Waals surface area contributed by atoms with Crippen LogP contribution >= 0.6 is 15.9 Å². The molecule has 0 spiro atoms. The van der Waals surface area contributed by atoms with E-state index in [0.29, 0.717) is 13.2 Å². The third kappa shape index (κ3) is 3.49. The lowest BCUT2D eigenvalue weighted by Crippen LogP contribution is -2.03. The van der Waals surface area contributed by atoms with Gasteiger partial charge < -0.3 is 15.8 Å². The van der Waals surface area contributed by atoms with E-state index in [9.17, 15) is 0 Å². The van der Waals surface area contributed by atoms with Gasteiger partial charge in [-0.15, -0.1) is 0 Å². The second-order valence-electron chi connectivity index (χ2n) is 4.40. The molecule has 20 heavy (non-hydrogen) atoms. The predicted octanol–water partition coefficient (Wildman–Crippen LogP) is 3.75. The molecule has 1 heterocycles. The molecule has 0 radical (unpaired) electrons. The van der Waals surface area contributed by atoms with Crippen LogP contribution in [0.2, 0.25) is 0 Å². The van der Waals surface area contributed by atoms with E-state index in [1.165, 1.54) is 0 Å². The molecule has 2 aromatic rings. The van der Waals surface area contributed by atoms with E-state index < -0.39 is 0 Å². The Hall–Kier alpha value is -1.59. The van der Waals surface area contributed by atoms with Crippen molar-refractivity contribution in [3.63, 3.8) is 0 Å². The van der Waals surface area contributed by atoms with E-state index in [4.69, 9.17) is 10.5 Å². The normalized spacial score (nSPS) is 10.4. The van der Waals surface area contributed by atoms with Crippen molar-refractivity contribution in [1.82, 2.24) is 4.98 Å². The zero-order valence-corrected chi connectivity index (χ0v) is 13.2. The zero-order chi connectivity index (χ0) is 14.5. The van der Waals surface area contributed by atoms with Crippen LogP contribution in [0, 0.1) is 6.92 Å². The second-order valence-corrected chi connectivity index (χ2v) is 5.26. The van der Waals surface area contributed by atoms with Gasteiger partial charge in [0.25, 0.3) is 0 Å². The van der Waals surface area contributed by atoms with Gasteiger partial charge in [-0.1, -0.05) is 0 Å². The molecule has 0 unspecified atom stereocenters. The first kappa shape index (κ1) is 14.8. The Bertz CT molecular complexity index is 602. The maximum absolute atomic E-state index is 5.76. The van der Waals surface area contributed by atoms with Gasteiger partial charge in [-0.25, -0.2) is 4.98 Å². The minimum absolute atomic E-state index is 0.442. The fourth-order valence-electron chi connectivity index (χ4n) is 1.87. The summed E-state index contributed by atoms with van der Waals surface area (Å²) >= 11 is 3.44. The number of nitrogens with two attached hydrogens (primary N) is 1. The number of hydrogen-bond acceptors (Lipinski definition) is 4. The fraction of sp³-hybridized carbons (Fsp3) is 0.267. The number of halogens is 1. The Morgan fingerprint density at radius 2 is 2.15 bits per heavy atom. The van der Waals surface area contributed by atoms with Gasteiger partial charge in [0.05, 0.1) is 6.61 Å². The summed E-state index contributed by atoms with van der Waals surface area (Å²) in [6.45, 7) is 5.06. The summed E-state index contributed by atoms with van der Waals surface area (Å²) in [6, 6.07) is 7.87. The lowest BCUT2D eigenvalue weighted by Gasteiger charge is -2.12. The number of anilines is 2. The van der Waals surface area contributed by atoms with Crippen LogP contribution < -0.4 is 15.8 Å². The maximum atomic E-state index is 5.76. The Morgan fingerprint density at radius 1 is 1.35 bits per heavy atom. The molecule has 2 rings (SSSR count). The largest absolute Gasteiger partial charge is 0.494 e. The van der Waals surface area contributed by atoms with Crippen molar-refractivity contribution < 1.29 is 4.74 Å². The number of nitrogens with zero attached hydrogens (tertiary/aromatic N) is 1. The number of pyridine rings is 1. The summed E-state index contributed by atoms with van der Waals surface area (Å²) in [5.41, 5.74) is 8.81. The average Bonchev–Trinajstić information content (AvgIpc) is 2.45. The van der Waals surface area contributed by atoms with E-state index in [1.807, 2.05) is 38.1 Å². The molecule has 3 N–H and O–H groups in total. The Kier molecular flexibility index (Phi) is 4.98. The van der Waals surface area contributed by atoms with E-state index >= 15 is 0 Å². The molecule has 0 fully saturated rings. The number of aromatic nitrogens is 1. The van der Waals surface area contributed by atoms with Crippen molar-refractivity contribution in [1.29, 1.82) is 0 Å². The number of benzene rings is 1. The highest BCUT2D eigenvalue weighted by atomic mass is 79.9. The third-order valence-corrected chi connectivity index (χ3v) is 3.73. The fourth-order valence-corrected chi connectivity index (χ4v) is 2.09. The molecule has 4 nitrogen and oxygen atoms in total. The smallest absolute Gasteiger partial charge is 0.130 e. The van der Waals surface area contributed by atoms with Crippen LogP contribution in [0.3, 0.4) is 0 Å². The summed E-state index contributed by atoms with van der Waals surface area (Å²) < 4.78 is 6.54. The number of aryl methyl sites for hydroxylation is 1. The summed E-state index contributed by atoms with van der Waals surface area (Å²) in [7, 11) is 0. The molecular weight excluding hydrogens is 318 g/mol. The van der Waals surface area contributed by atoms with Crippen LogP contribution in [-0.4, -0.2) is 11.6 Å². The van der Waals surface area contributed by atoms with E-state index in [-0.39, 0.29) is 0 Å². The molecule has 106 valence electrons. The summed E-state index contributed by atoms with van der Waals surface area (Å²) in [5.74, 6) is 1.64. The number of nitrogens with one attached hydrogen (secondary N) is 1. The van der Waals surface area contributed by atoms with Gasteiger partial charge in [0.15, 0.2) is 0 Å². The SMILES string of the molecule is CCOc1ccc(Nc2cc(C)c(Br)cn2)cc1CN. The van der Waals surface area contributed by atoms with Crippen LogP contribution in [0.25, 0.3) is 0 Å². The van der Waals surface area contributed by atoms with Gasteiger partial charge in [0.2, 0.25) is 0 Å². The molecule has 1 aromatic carbocycles. The van der Waals surface area contributed by atoms with Crippen molar-refractivity contribution in [2.75, 3.05) is 11.9 Å². The average molecular weight is 336 g/mol. The molecule has 0 bridgehead atoms. The van der Waals surface area contributed by atoms with Gasteiger partial charge in [0, 0.05) is 28.5 Å². The number of hydrogen-bond donors (Lipinski definition) is 2. The zero-order valence-electron chi connectivity index (χ0n) is 11.6. The minimum atomic E-state index is 0.442. The quantitative estimate of drug-likeness (QED) is 0.873. The van der Waals surface area contributed by atoms with Gasteiger partial charge >= 0.3 is 0 Å². The van der Waals surface area contributed by atoms with Crippen LogP contribution in [0.15, 0.2) is 34.9 Å². The van der Waals surface area contributed by atoms with Crippen molar-refractivity contribution in [2.24, 2.45) is 5.73 Å². The molecule has 0 saturated carbocycles. The minimum Gasteiger partial charge on any atom is -0.494 e. The topological polar surface area (TPSA) is 60.2 Å². The highest BCUT2D eigenvalue weighted by Gasteiger charge is 2.05. The first-order valence-corrected chi connectivity index (χ1v) is 7.28. The van der Waals surface area contributed by atoms with Crippen LogP contribution in [0.4, 0.5) is 11.5 Å². The number of rotatable bonds is 5. The van der Waals surface area contributed by atoms with E-state index in [1.54, 1.807) is 6.20 Å². The van der Waals surface area contributed by atoms with Crippen molar-refractivity contribution >= 4 is 27.4 Å². The van der Waals surface area contributed by atoms with Gasteiger partial charge in [-0.05, 0) is 59.6 Å². The van der Waals surface area contributed by atoms with Crippen LogP contribution in [0.1, 0.15) is 18.1 Å². The van der Waals surface area contributed by atoms with Crippen molar-refractivity contribution in [3.05, 3.63) is 46.1 Å². The van der Waals surface area contributed by atoms with Gasteiger partial charge in [0.1, 0.15) is 11.6 Å². The summed E-state index contributed by atoms with van der Waals surface area (Å²) in [6.07, 6.45) is 1.79. The van der Waals surface area contributed by atoms with Crippen molar-refractivity contribution in [2.45, 2.75) is 20.4 Å². The molecule has 0 saturated heterocycles. The highest BCUT2D eigenvalue weighted by molar-refractivity contribution is 9.10. The molecular formula is C15H18BrN3O. The first-order chi connectivity index (χ1) is 9.63. The van der Waals surface area contributed by atoms with Gasteiger partial charge in [-0.2, -0.15) is 0 Å². The Balaban J connectivity index is 2.22. The Morgan fingerprint density at radius 3 is 2.80 bits per heavy atom. The molecule has 0 aliphatic carbocycles. The second kappa shape index (κ2) is 6.72. The highest BCUT2D eigenvalue weighted by Crippen LogP contribution is 2.25. The Labute approximate surface area is 127 Å². The van der Waals surface area contributed by atoms with E-state index in [2.05, 4.69) is 26.2 Å². The number of ether oxygens (including phenoxy) is 1. The van der Waals surface area contributed by atoms with E-state index in [0.717, 1.165) is 32.9 Å². The molecule has 5 heteroatoms. The first-order valence-electron chi connectivity index (χ1n) is 6.49. The lowest BCUT2D eigenvalue weighted by atomic mass is 10.1. The third-order valence-electron chi connectivity index (χ3n) is 2.90. The van der Waals surface area contributed by atoms with Crippen LogP contribution in [0.5, 0.6) is 5.75 Å². The van der Waals surface area contributed by atoms with Crippen LogP contribution in [-0.2, 0) is 6.54 Å². The summed E-state index contributed by atoms with van der Waals surface area (Å²) in [5, 5.41) is 3.27. The van der Waals surface area contributed by atoms with Crippen molar-refractivity contribution in [3.8, 4) is 5.75 Å². The molecule has 1 aromatic heterocycles. The standard InChI is InChI=1S/C15H18BrN3O/c1-3-20-14-5-4-12(7-11(14)8-17)19-15-6-10(2)13(16)9-18-15/h4-7,9H,3,8,17H2,1-2H3,(H,18,19). The maximum Gasteiger partial charge on any atom is 0.130 e. The molecule has 0 atom stereocenters. The lowest BCUT2D eigenvalue weighted by molar-refractivity contribution is 0.336. The molecule has 0 aliphatic rings. The molecule has 0 amide bonds. The summed E-state index contributed by atoms with van der Waals surface area (Å²) in [4.78, 5) is 4.33. The monoisotopic (exact) mass is 335 g/mol. The predicted molar refractivity (Wildman–Crippen MR) is 85.5 cm³/mol. The van der Waals surface area contributed by atoms with Gasteiger partial charge in [-0.3, -0.25) is 0 Å². The molecule has 0 aliphatic heterocycles.